The van der Waals surface area contributed by atoms with Crippen LogP contribution in [0.3, 0.4) is 0 Å². The van der Waals surface area contributed by atoms with Crippen LogP contribution >= 0.6 is 0 Å². The van der Waals surface area contributed by atoms with Gasteiger partial charge in [0, 0.05) is 20.0 Å². The fraction of sp³-hybridized carbons (Fsp3) is 0.391. The van der Waals surface area contributed by atoms with Crippen molar-refractivity contribution in [1.29, 1.82) is 0 Å². The van der Waals surface area contributed by atoms with Crippen LogP contribution in [0.15, 0.2) is 41.4 Å². The summed E-state index contributed by atoms with van der Waals surface area (Å²) in [5, 5.41) is 0. The van der Waals surface area contributed by atoms with Gasteiger partial charge in [0.25, 0.3) is 0 Å². The van der Waals surface area contributed by atoms with E-state index in [0.29, 0.717) is 5.56 Å². The molecule has 0 aromatic heterocycles. The molecule has 0 saturated heterocycles. The van der Waals surface area contributed by atoms with Gasteiger partial charge in [-0.05, 0) is 56.5 Å². The average Bonchev–Trinajstić information content (AvgIpc) is 2.68. The molecule has 0 unspecified atom stereocenters. The van der Waals surface area contributed by atoms with Gasteiger partial charge in [-0.3, -0.25) is 0 Å². The van der Waals surface area contributed by atoms with Gasteiger partial charge in [0.2, 0.25) is 0 Å². The molecule has 0 atom stereocenters. The van der Waals surface area contributed by atoms with Gasteiger partial charge in [-0.2, -0.15) is 0 Å². The van der Waals surface area contributed by atoms with E-state index in [9.17, 15) is 4.79 Å². The number of amidine groups is 1. The van der Waals surface area contributed by atoms with Gasteiger partial charge in [-0.15, -0.1) is 0 Å². The van der Waals surface area contributed by atoms with Crippen LogP contribution < -0.4 is 0 Å². The molecular weight excluding hydrogens is 336 g/mol. The van der Waals surface area contributed by atoms with Crippen molar-refractivity contribution in [1.82, 2.24) is 4.90 Å². The Bertz CT molecular complexity index is 823. The molecule has 0 radical (unpaired) electrons. The van der Waals surface area contributed by atoms with E-state index in [2.05, 4.69) is 18.7 Å². The lowest BCUT2D eigenvalue weighted by Gasteiger charge is -2.19. The highest BCUT2D eigenvalue weighted by Crippen LogP contribution is 2.26. The summed E-state index contributed by atoms with van der Waals surface area (Å²) in [6, 6.07) is 11.7. The van der Waals surface area contributed by atoms with Crippen molar-refractivity contribution in [2.24, 2.45) is 4.99 Å². The van der Waals surface area contributed by atoms with Crippen molar-refractivity contribution in [2.75, 3.05) is 13.6 Å². The van der Waals surface area contributed by atoms with Crippen LogP contribution in [-0.2, 0) is 11.3 Å². The van der Waals surface area contributed by atoms with Gasteiger partial charge in [0.05, 0.1) is 11.3 Å². The van der Waals surface area contributed by atoms with Gasteiger partial charge in [-0.25, -0.2) is 9.79 Å². The Morgan fingerprint density at radius 3 is 2.26 bits per heavy atom. The lowest BCUT2D eigenvalue weighted by atomic mass is 10.0. The highest BCUT2D eigenvalue weighted by molar-refractivity contribution is 5.92. The normalized spacial score (nSPS) is 11.4. The van der Waals surface area contributed by atoms with Gasteiger partial charge in [0.15, 0.2) is 0 Å². The topological polar surface area (TPSA) is 41.9 Å². The first-order valence-corrected chi connectivity index (χ1v) is 9.48. The number of esters is 1. The molecule has 0 spiro atoms. The number of hydrogen-bond acceptors (Lipinski definition) is 3. The number of carbonyl (C=O) groups is 1. The Morgan fingerprint density at radius 1 is 1.00 bits per heavy atom. The van der Waals surface area contributed by atoms with E-state index in [1.165, 1.54) is 5.56 Å². The monoisotopic (exact) mass is 366 g/mol. The van der Waals surface area contributed by atoms with Gasteiger partial charge >= 0.3 is 5.97 Å². The van der Waals surface area contributed by atoms with Crippen molar-refractivity contribution in [3.63, 3.8) is 0 Å². The quantitative estimate of drug-likeness (QED) is 0.392. The molecule has 0 aliphatic heterocycles. The molecule has 0 bridgehead atoms. The Balaban J connectivity index is 2.19. The van der Waals surface area contributed by atoms with Crippen LogP contribution in [0.25, 0.3) is 0 Å². The Hall–Kier alpha value is -2.62. The van der Waals surface area contributed by atoms with E-state index < -0.39 is 0 Å². The van der Waals surface area contributed by atoms with E-state index in [0.717, 1.165) is 41.2 Å². The lowest BCUT2D eigenvalue weighted by Crippen LogP contribution is -2.25. The minimum Gasteiger partial charge on any atom is -0.457 e. The fourth-order valence-electron chi connectivity index (χ4n) is 2.82. The predicted molar refractivity (Wildman–Crippen MR) is 112 cm³/mol. The molecule has 4 nitrogen and oxygen atoms in total. The molecule has 0 N–H and O–H groups in total. The third-order valence-electron chi connectivity index (χ3n) is 4.95. The zero-order valence-electron chi connectivity index (χ0n) is 17.3. The number of aryl methyl sites for hydroxylation is 1. The van der Waals surface area contributed by atoms with E-state index in [1.54, 1.807) is 0 Å². The molecule has 27 heavy (non-hydrogen) atoms. The molecule has 0 aliphatic carbocycles. The molecule has 0 aliphatic rings. The summed E-state index contributed by atoms with van der Waals surface area (Å²) in [6.45, 7) is 11.4. The average molecular weight is 367 g/mol. The van der Waals surface area contributed by atoms with Crippen LogP contribution in [0.4, 0.5) is 5.69 Å². The second-order valence-corrected chi connectivity index (χ2v) is 6.84. The van der Waals surface area contributed by atoms with Crippen LogP contribution in [0, 0.1) is 20.8 Å². The van der Waals surface area contributed by atoms with Gasteiger partial charge in [-0.1, -0.05) is 36.8 Å². The Labute approximate surface area is 162 Å². The van der Waals surface area contributed by atoms with E-state index in [1.807, 2.05) is 64.2 Å². The molecule has 2 rings (SSSR count). The summed E-state index contributed by atoms with van der Waals surface area (Å²) < 4.78 is 5.50. The van der Waals surface area contributed by atoms with Crippen molar-refractivity contribution in [2.45, 2.75) is 47.6 Å². The highest BCUT2D eigenvalue weighted by atomic mass is 16.5. The first-order valence-electron chi connectivity index (χ1n) is 9.48. The van der Waals surface area contributed by atoms with Crippen LogP contribution in [-0.4, -0.2) is 30.3 Å². The van der Waals surface area contributed by atoms with E-state index >= 15 is 0 Å². The Morgan fingerprint density at radius 2 is 1.67 bits per heavy atom. The highest BCUT2D eigenvalue weighted by Gasteiger charge is 2.15. The van der Waals surface area contributed by atoms with E-state index in [4.69, 9.17) is 9.73 Å². The lowest BCUT2D eigenvalue weighted by molar-refractivity contribution is 0.0472. The standard InChI is InChI=1S/C23H30N2O2/c1-7-22(25(6)8-2)24-21-14-13-20(17(4)18(21)5)23(26)27-15-19-11-9-16(3)10-12-19/h9-14H,7-8,15H2,1-6H3. The summed E-state index contributed by atoms with van der Waals surface area (Å²) in [5.74, 6) is 0.739. The maximum Gasteiger partial charge on any atom is 0.338 e. The van der Waals surface area contributed by atoms with E-state index in [-0.39, 0.29) is 12.6 Å². The molecule has 4 heteroatoms. The number of benzene rings is 2. The SMILES string of the molecule is CCC(=Nc1ccc(C(=O)OCc2ccc(C)cc2)c(C)c1C)N(C)CC. The Kier molecular flexibility index (Phi) is 7.17. The summed E-state index contributed by atoms with van der Waals surface area (Å²) >= 11 is 0. The minimum absolute atomic E-state index is 0.277. The van der Waals surface area contributed by atoms with Gasteiger partial charge < -0.3 is 9.64 Å². The number of carbonyl (C=O) groups excluding carboxylic acids is 1. The smallest absolute Gasteiger partial charge is 0.338 e. The second-order valence-electron chi connectivity index (χ2n) is 6.84. The zero-order chi connectivity index (χ0) is 20.0. The summed E-state index contributed by atoms with van der Waals surface area (Å²) in [4.78, 5) is 19.5. The predicted octanol–water partition coefficient (Wildman–Crippen LogP) is 5.36. The van der Waals surface area contributed by atoms with Crippen molar-refractivity contribution < 1.29 is 9.53 Å². The van der Waals surface area contributed by atoms with Crippen molar-refractivity contribution >= 4 is 17.5 Å². The first kappa shape index (κ1) is 20.7. The molecular formula is C23H30N2O2. The maximum absolute atomic E-state index is 12.5. The number of aliphatic imine (C=N–C) groups is 1. The fourth-order valence-corrected chi connectivity index (χ4v) is 2.82. The van der Waals surface area contributed by atoms with Crippen molar-refractivity contribution in [3.05, 3.63) is 64.2 Å². The minimum atomic E-state index is -0.298. The first-order chi connectivity index (χ1) is 12.9. The summed E-state index contributed by atoms with van der Waals surface area (Å²) in [7, 11) is 2.04. The van der Waals surface area contributed by atoms with Crippen molar-refractivity contribution in [3.8, 4) is 0 Å². The van der Waals surface area contributed by atoms with Crippen LogP contribution in [0.1, 0.15) is 52.9 Å². The third-order valence-corrected chi connectivity index (χ3v) is 4.95. The van der Waals surface area contributed by atoms with Gasteiger partial charge in [0.1, 0.15) is 12.4 Å². The largest absolute Gasteiger partial charge is 0.457 e. The molecule has 2 aromatic rings. The number of ether oxygens (including phenoxy) is 1. The third kappa shape index (κ3) is 5.19. The molecule has 0 saturated carbocycles. The molecule has 0 fully saturated rings. The second kappa shape index (κ2) is 9.36. The van der Waals surface area contributed by atoms with Crippen LogP contribution in [0.5, 0.6) is 0 Å². The number of hydrogen-bond donors (Lipinski definition) is 0. The molecule has 144 valence electrons. The maximum atomic E-state index is 12.5. The summed E-state index contributed by atoms with van der Waals surface area (Å²) in [5.41, 5.74) is 5.60. The molecule has 2 aromatic carbocycles. The van der Waals surface area contributed by atoms with Crippen LogP contribution in [0.2, 0.25) is 0 Å². The molecule has 0 heterocycles. The summed E-state index contributed by atoms with van der Waals surface area (Å²) in [6.07, 6.45) is 0.864. The zero-order valence-corrected chi connectivity index (χ0v) is 17.3. The number of nitrogens with zero attached hydrogens (tertiary/aromatic N) is 2. The molecule has 0 amide bonds. The number of rotatable bonds is 6.